The van der Waals surface area contributed by atoms with E-state index in [1.165, 1.54) is 12.1 Å². The number of nitrogens with zero attached hydrogens (tertiary/aromatic N) is 1. The molecule has 4 rings (SSSR count). The van der Waals surface area contributed by atoms with E-state index < -0.39 is 5.97 Å². The number of carbonyl (C=O) groups is 1. The summed E-state index contributed by atoms with van der Waals surface area (Å²) in [6, 6.07) is 20.9. The molecule has 3 aromatic carbocycles. The molecule has 6 heteroatoms. The molecule has 1 aromatic heterocycles. The summed E-state index contributed by atoms with van der Waals surface area (Å²) >= 11 is 0. The van der Waals surface area contributed by atoms with Crippen LogP contribution in [0.15, 0.2) is 83.8 Å². The molecule has 1 N–H and O–H groups in total. The van der Waals surface area contributed by atoms with E-state index in [9.17, 15) is 9.59 Å². The SMILES string of the molecule is COc1ccc(Cn2ccc3cc(Oc4cccc(C(=O)O)c4)ccc3c2=O)cc1. The van der Waals surface area contributed by atoms with E-state index in [2.05, 4.69) is 0 Å². The number of carboxylic acids is 1. The minimum absolute atomic E-state index is 0.0947. The fourth-order valence-corrected chi connectivity index (χ4v) is 3.21. The first-order valence-corrected chi connectivity index (χ1v) is 9.31. The second-order valence-electron chi connectivity index (χ2n) is 6.78. The van der Waals surface area contributed by atoms with Crippen molar-refractivity contribution in [3.05, 3.63) is 100 Å². The molecule has 0 aliphatic carbocycles. The third-order valence-electron chi connectivity index (χ3n) is 4.78. The number of rotatable bonds is 6. The Kier molecular flexibility index (Phi) is 5.22. The largest absolute Gasteiger partial charge is 0.497 e. The van der Waals surface area contributed by atoms with Crippen LogP contribution in [0.25, 0.3) is 10.8 Å². The molecule has 150 valence electrons. The number of fused-ring (bicyclic) bond motifs is 1. The summed E-state index contributed by atoms with van der Waals surface area (Å²) in [5.74, 6) is 0.696. The molecular weight excluding hydrogens is 382 g/mol. The van der Waals surface area contributed by atoms with Crippen LogP contribution in [-0.2, 0) is 6.54 Å². The predicted molar refractivity (Wildman–Crippen MR) is 114 cm³/mol. The Morgan fingerprint density at radius 2 is 1.67 bits per heavy atom. The Morgan fingerprint density at radius 3 is 2.40 bits per heavy atom. The Hall–Kier alpha value is -4.06. The zero-order chi connectivity index (χ0) is 21.1. The van der Waals surface area contributed by atoms with E-state index in [4.69, 9.17) is 14.6 Å². The third kappa shape index (κ3) is 4.03. The van der Waals surface area contributed by atoms with Gasteiger partial charge in [-0.15, -0.1) is 0 Å². The molecule has 0 bridgehead atoms. The van der Waals surface area contributed by atoms with Crippen molar-refractivity contribution in [2.75, 3.05) is 7.11 Å². The Labute approximate surface area is 172 Å². The molecule has 30 heavy (non-hydrogen) atoms. The molecule has 0 atom stereocenters. The van der Waals surface area contributed by atoms with E-state index in [0.717, 1.165) is 16.7 Å². The maximum absolute atomic E-state index is 12.9. The number of aromatic nitrogens is 1. The van der Waals surface area contributed by atoms with Gasteiger partial charge >= 0.3 is 5.97 Å². The molecule has 0 unspecified atom stereocenters. The van der Waals surface area contributed by atoms with E-state index in [-0.39, 0.29) is 11.1 Å². The van der Waals surface area contributed by atoms with Crippen LogP contribution in [0.2, 0.25) is 0 Å². The van der Waals surface area contributed by atoms with Gasteiger partial charge in [0, 0.05) is 11.6 Å². The van der Waals surface area contributed by atoms with Gasteiger partial charge < -0.3 is 19.1 Å². The lowest BCUT2D eigenvalue weighted by Gasteiger charge is -2.10. The van der Waals surface area contributed by atoms with Crippen LogP contribution in [0.5, 0.6) is 17.2 Å². The molecule has 4 aromatic rings. The first kappa shape index (κ1) is 19.3. The molecule has 6 nitrogen and oxygen atoms in total. The smallest absolute Gasteiger partial charge is 0.335 e. The Bertz CT molecular complexity index is 1280. The van der Waals surface area contributed by atoms with Crippen molar-refractivity contribution in [1.29, 1.82) is 0 Å². The number of methoxy groups -OCH3 is 1. The van der Waals surface area contributed by atoms with Gasteiger partial charge in [-0.2, -0.15) is 0 Å². The highest BCUT2D eigenvalue weighted by Crippen LogP contribution is 2.25. The first-order valence-electron chi connectivity index (χ1n) is 9.31. The minimum atomic E-state index is -1.02. The van der Waals surface area contributed by atoms with Gasteiger partial charge in [0.15, 0.2) is 0 Å². The summed E-state index contributed by atoms with van der Waals surface area (Å²) in [6.07, 6.45) is 1.75. The monoisotopic (exact) mass is 401 g/mol. The zero-order valence-corrected chi connectivity index (χ0v) is 16.2. The summed E-state index contributed by atoms with van der Waals surface area (Å²) < 4.78 is 12.6. The molecule has 0 amide bonds. The van der Waals surface area contributed by atoms with Gasteiger partial charge in [0.05, 0.1) is 19.2 Å². The van der Waals surface area contributed by atoms with Gasteiger partial charge in [-0.05, 0) is 65.5 Å². The second kappa shape index (κ2) is 8.13. The summed E-state index contributed by atoms with van der Waals surface area (Å²) in [5.41, 5.74) is 1.05. The standard InChI is InChI=1S/C24H19NO5/c1-29-19-7-5-16(6-8-19)15-25-12-11-17-13-21(9-10-22(17)23(25)26)30-20-4-2-3-18(14-20)24(27)28/h2-14H,15H2,1H3,(H,27,28). The Balaban J connectivity index is 1.60. The summed E-state index contributed by atoms with van der Waals surface area (Å²) in [5, 5.41) is 10.4. The van der Waals surface area contributed by atoms with E-state index in [1.807, 2.05) is 30.3 Å². The molecule has 0 radical (unpaired) electrons. The Morgan fingerprint density at radius 1 is 0.933 bits per heavy atom. The first-order chi connectivity index (χ1) is 14.5. The fraction of sp³-hybridized carbons (Fsp3) is 0.0833. The highest BCUT2D eigenvalue weighted by Gasteiger charge is 2.08. The average molecular weight is 401 g/mol. The van der Waals surface area contributed by atoms with Crippen molar-refractivity contribution in [2.45, 2.75) is 6.54 Å². The van der Waals surface area contributed by atoms with E-state index in [1.54, 1.807) is 48.2 Å². The van der Waals surface area contributed by atoms with Crippen LogP contribution in [-0.4, -0.2) is 22.8 Å². The molecule has 0 spiro atoms. The number of benzene rings is 3. The number of pyridine rings is 1. The number of hydrogen-bond acceptors (Lipinski definition) is 4. The summed E-state index contributed by atoms with van der Waals surface area (Å²) in [6.45, 7) is 0.457. The maximum Gasteiger partial charge on any atom is 0.335 e. The highest BCUT2D eigenvalue weighted by molar-refractivity contribution is 5.88. The number of carboxylic acid groups (broad SMARTS) is 1. The lowest BCUT2D eigenvalue weighted by Crippen LogP contribution is -2.19. The predicted octanol–water partition coefficient (Wildman–Crippen LogP) is 4.55. The molecule has 1 heterocycles. The average Bonchev–Trinajstić information content (AvgIpc) is 2.76. The van der Waals surface area contributed by atoms with E-state index >= 15 is 0 Å². The molecule has 0 saturated heterocycles. The third-order valence-corrected chi connectivity index (χ3v) is 4.78. The lowest BCUT2D eigenvalue weighted by atomic mass is 10.1. The quantitative estimate of drug-likeness (QED) is 0.513. The number of hydrogen-bond donors (Lipinski definition) is 1. The fourth-order valence-electron chi connectivity index (χ4n) is 3.21. The molecule has 0 saturated carbocycles. The van der Waals surface area contributed by atoms with Crippen molar-refractivity contribution >= 4 is 16.7 Å². The number of aromatic carboxylic acids is 1. The summed E-state index contributed by atoms with van der Waals surface area (Å²) in [7, 11) is 1.61. The van der Waals surface area contributed by atoms with Crippen LogP contribution < -0.4 is 15.0 Å². The topological polar surface area (TPSA) is 77.8 Å². The highest BCUT2D eigenvalue weighted by atomic mass is 16.5. The van der Waals surface area contributed by atoms with E-state index in [0.29, 0.717) is 23.4 Å². The van der Waals surface area contributed by atoms with Gasteiger partial charge in [0.25, 0.3) is 5.56 Å². The molecule has 0 aliphatic rings. The summed E-state index contributed by atoms with van der Waals surface area (Å²) in [4.78, 5) is 24.0. The van der Waals surface area contributed by atoms with Gasteiger partial charge in [0.1, 0.15) is 17.2 Å². The lowest BCUT2D eigenvalue weighted by molar-refractivity contribution is 0.0696. The van der Waals surface area contributed by atoms with Gasteiger partial charge in [0.2, 0.25) is 0 Å². The second-order valence-corrected chi connectivity index (χ2v) is 6.78. The van der Waals surface area contributed by atoms with Crippen molar-refractivity contribution in [1.82, 2.24) is 4.57 Å². The van der Waals surface area contributed by atoms with Crippen molar-refractivity contribution in [3.8, 4) is 17.2 Å². The molecular formula is C24H19NO5. The van der Waals surface area contributed by atoms with Crippen molar-refractivity contribution in [3.63, 3.8) is 0 Å². The van der Waals surface area contributed by atoms with Gasteiger partial charge in [-0.3, -0.25) is 4.79 Å². The normalized spacial score (nSPS) is 10.7. The van der Waals surface area contributed by atoms with Crippen molar-refractivity contribution < 1.29 is 19.4 Å². The van der Waals surface area contributed by atoms with Gasteiger partial charge in [-0.1, -0.05) is 18.2 Å². The van der Waals surface area contributed by atoms with Crippen LogP contribution in [0.3, 0.4) is 0 Å². The van der Waals surface area contributed by atoms with Crippen LogP contribution in [0, 0.1) is 0 Å². The van der Waals surface area contributed by atoms with Crippen molar-refractivity contribution in [2.24, 2.45) is 0 Å². The molecule has 0 fully saturated rings. The number of ether oxygens (including phenoxy) is 2. The van der Waals surface area contributed by atoms with Crippen LogP contribution in [0.1, 0.15) is 15.9 Å². The molecule has 0 aliphatic heterocycles. The minimum Gasteiger partial charge on any atom is -0.497 e. The zero-order valence-electron chi connectivity index (χ0n) is 16.2. The van der Waals surface area contributed by atoms with Crippen LogP contribution in [0.4, 0.5) is 0 Å². The maximum atomic E-state index is 12.9. The van der Waals surface area contributed by atoms with Gasteiger partial charge in [-0.25, -0.2) is 4.79 Å². The van der Waals surface area contributed by atoms with Crippen LogP contribution >= 0.6 is 0 Å².